The molecule has 1 aliphatic heterocycles. The third kappa shape index (κ3) is 2.76. The summed E-state index contributed by atoms with van der Waals surface area (Å²) < 4.78 is 0. The maximum absolute atomic E-state index is 5.97. The molecule has 110 valence electrons. The Balaban J connectivity index is 1.80. The molecule has 0 spiro atoms. The van der Waals surface area contributed by atoms with Crippen molar-refractivity contribution in [2.45, 2.75) is 50.0 Å². The second kappa shape index (κ2) is 6.08. The fraction of sp³-hybridized carbons (Fsp3) is 0.647. The molecular formula is C17H26N2S. The fourth-order valence-corrected chi connectivity index (χ4v) is 5.67. The van der Waals surface area contributed by atoms with Crippen molar-refractivity contribution in [3.8, 4) is 0 Å². The Morgan fingerprint density at radius 2 is 1.85 bits per heavy atom. The van der Waals surface area contributed by atoms with Crippen LogP contribution in [0.25, 0.3) is 0 Å². The zero-order valence-corrected chi connectivity index (χ0v) is 13.3. The quantitative estimate of drug-likeness (QED) is 0.657. The van der Waals surface area contributed by atoms with Gasteiger partial charge in [0.1, 0.15) is 0 Å². The number of thioether (sulfide) groups is 1. The molecule has 3 rings (SSSR count). The van der Waals surface area contributed by atoms with Gasteiger partial charge in [-0.2, -0.15) is 0 Å². The van der Waals surface area contributed by atoms with E-state index in [-0.39, 0.29) is 0 Å². The second-order valence-corrected chi connectivity index (χ2v) is 7.89. The summed E-state index contributed by atoms with van der Waals surface area (Å²) in [5.74, 6) is 10.1. The molecule has 4 atom stereocenters. The van der Waals surface area contributed by atoms with Crippen molar-refractivity contribution in [2.75, 3.05) is 5.75 Å². The minimum Gasteiger partial charge on any atom is -0.271 e. The molecule has 1 fully saturated rings. The van der Waals surface area contributed by atoms with Gasteiger partial charge in [0.25, 0.3) is 0 Å². The van der Waals surface area contributed by atoms with Crippen LogP contribution in [0, 0.1) is 17.8 Å². The van der Waals surface area contributed by atoms with Crippen LogP contribution < -0.4 is 11.3 Å². The first-order valence-electron chi connectivity index (χ1n) is 7.87. The van der Waals surface area contributed by atoms with Crippen LogP contribution >= 0.6 is 11.8 Å². The molecule has 1 aromatic carbocycles. The molecule has 3 heteroatoms. The van der Waals surface area contributed by atoms with Crippen molar-refractivity contribution >= 4 is 11.8 Å². The SMILES string of the molecule is CC1CC(C)CC(C(NN)C2CSc3ccccc32)C1. The minimum atomic E-state index is 0.427. The van der Waals surface area contributed by atoms with E-state index in [0.717, 1.165) is 17.8 Å². The number of hydrogen-bond donors (Lipinski definition) is 2. The van der Waals surface area contributed by atoms with Crippen molar-refractivity contribution in [3.63, 3.8) is 0 Å². The zero-order valence-electron chi connectivity index (χ0n) is 12.5. The van der Waals surface area contributed by atoms with Crippen LogP contribution in [-0.4, -0.2) is 11.8 Å². The molecule has 0 radical (unpaired) electrons. The van der Waals surface area contributed by atoms with Crippen LogP contribution in [0.4, 0.5) is 0 Å². The van der Waals surface area contributed by atoms with Gasteiger partial charge in [-0.05, 0) is 48.6 Å². The maximum atomic E-state index is 5.97. The molecule has 1 saturated carbocycles. The lowest BCUT2D eigenvalue weighted by Crippen LogP contribution is -2.47. The van der Waals surface area contributed by atoms with Crippen molar-refractivity contribution in [1.29, 1.82) is 0 Å². The molecule has 2 nitrogen and oxygen atoms in total. The van der Waals surface area contributed by atoms with Gasteiger partial charge in [0.2, 0.25) is 0 Å². The predicted octanol–water partition coefficient (Wildman–Crippen LogP) is 3.78. The smallest absolute Gasteiger partial charge is 0.0316 e. The van der Waals surface area contributed by atoms with Gasteiger partial charge in [-0.25, -0.2) is 0 Å². The fourth-order valence-electron chi connectivity index (χ4n) is 4.37. The highest BCUT2D eigenvalue weighted by atomic mass is 32.2. The standard InChI is InChI=1S/C17H26N2S/c1-11-7-12(2)9-13(8-11)17(19-18)15-10-20-16-6-4-3-5-14(15)16/h3-6,11-13,15,17,19H,7-10,18H2,1-2H3. The van der Waals surface area contributed by atoms with E-state index in [2.05, 4.69) is 43.5 Å². The van der Waals surface area contributed by atoms with Crippen LogP contribution in [0.5, 0.6) is 0 Å². The van der Waals surface area contributed by atoms with E-state index in [0.29, 0.717) is 12.0 Å². The first-order valence-corrected chi connectivity index (χ1v) is 8.85. The van der Waals surface area contributed by atoms with Gasteiger partial charge in [-0.15, -0.1) is 11.8 Å². The Morgan fingerprint density at radius 1 is 1.15 bits per heavy atom. The molecule has 2 aliphatic rings. The summed E-state index contributed by atoms with van der Waals surface area (Å²) in [6.07, 6.45) is 4.02. The highest BCUT2D eigenvalue weighted by Crippen LogP contribution is 2.45. The second-order valence-electron chi connectivity index (χ2n) is 6.83. The van der Waals surface area contributed by atoms with Crippen molar-refractivity contribution in [1.82, 2.24) is 5.43 Å². The van der Waals surface area contributed by atoms with E-state index >= 15 is 0 Å². The van der Waals surface area contributed by atoms with Crippen LogP contribution in [0.2, 0.25) is 0 Å². The van der Waals surface area contributed by atoms with Crippen molar-refractivity contribution in [2.24, 2.45) is 23.6 Å². The first-order chi connectivity index (χ1) is 9.69. The Morgan fingerprint density at radius 3 is 2.55 bits per heavy atom. The summed E-state index contributed by atoms with van der Waals surface area (Å²) in [6, 6.07) is 9.28. The number of nitrogens with two attached hydrogens (primary N) is 1. The van der Waals surface area contributed by atoms with Gasteiger partial charge < -0.3 is 0 Å². The lowest BCUT2D eigenvalue weighted by atomic mass is 9.70. The molecule has 1 aromatic rings. The summed E-state index contributed by atoms with van der Waals surface area (Å²) in [5.41, 5.74) is 4.69. The average Bonchev–Trinajstić information content (AvgIpc) is 2.83. The number of benzene rings is 1. The molecular weight excluding hydrogens is 264 g/mol. The van der Waals surface area contributed by atoms with Gasteiger partial charge in [-0.1, -0.05) is 32.0 Å². The van der Waals surface area contributed by atoms with Gasteiger partial charge in [-0.3, -0.25) is 11.3 Å². The van der Waals surface area contributed by atoms with Gasteiger partial charge in [0.15, 0.2) is 0 Å². The monoisotopic (exact) mass is 290 g/mol. The summed E-state index contributed by atoms with van der Waals surface area (Å²) >= 11 is 1.99. The Bertz CT molecular complexity index is 452. The van der Waals surface area contributed by atoms with Crippen LogP contribution in [0.1, 0.15) is 44.6 Å². The van der Waals surface area contributed by atoms with Crippen molar-refractivity contribution in [3.05, 3.63) is 29.8 Å². The summed E-state index contributed by atoms with van der Waals surface area (Å²) in [7, 11) is 0. The third-order valence-electron chi connectivity index (χ3n) is 5.09. The molecule has 4 unspecified atom stereocenters. The van der Waals surface area contributed by atoms with Gasteiger partial charge in [0.05, 0.1) is 0 Å². The van der Waals surface area contributed by atoms with E-state index in [1.54, 1.807) is 0 Å². The lowest BCUT2D eigenvalue weighted by Gasteiger charge is -2.38. The third-order valence-corrected chi connectivity index (χ3v) is 6.29. The lowest BCUT2D eigenvalue weighted by molar-refractivity contribution is 0.165. The van der Waals surface area contributed by atoms with E-state index in [4.69, 9.17) is 5.84 Å². The Labute approximate surface area is 126 Å². The van der Waals surface area contributed by atoms with E-state index in [1.807, 2.05) is 11.8 Å². The molecule has 0 amide bonds. The van der Waals surface area contributed by atoms with Crippen molar-refractivity contribution < 1.29 is 0 Å². The predicted molar refractivity (Wildman–Crippen MR) is 86.7 cm³/mol. The maximum Gasteiger partial charge on any atom is 0.0316 e. The van der Waals surface area contributed by atoms with Crippen LogP contribution in [0.3, 0.4) is 0 Å². The summed E-state index contributed by atoms with van der Waals surface area (Å²) in [4.78, 5) is 1.45. The highest BCUT2D eigenvalue weighted by molar-refractivity contribution is 7.99. The average molecular weight is 290 g/mol. The normalized spacial score (nSPS) is 34.8. The van der Waals surface area contributed by atoms with Crippen LogP contribution in [-0.2, 0) is 0 Å². The highest BCUT2D eigenvalue weighted by Gasteiger charge is 2.37. The molecule has 0 aromatic heterocycles. The summed E-state index contributed by atoms with van der Waals surface area (Å²) in [6.45, 7) is 4.79. The summed E-state index contributed by atoms with van der Waals surface area (Å²) in [5, 5.41) is 0. The number of rotatable bonds is 3. The number of hydrogen-bond acceptors (Lipinski definition) is 3. The molecule has 20 heavy (non-hydrogen) atoms. The van der Waals surface area contributed by atoms with Gasteiger partial charge in [0, 0.05) is 22.6 Å². The molecule has 0 bridgehead atoms. The molecule has 0 saturated heterocycles. The largest absolute Gasteiger partial charge is 0.271 e. The molecule has 1 heterocycles. The van der Waals surface area contributed by atoms with E-state index < -0.39 is 0 Å². The minimum absolute atomic E-state index is 0.427. The molecule has 1 aliphatic carbocycles. The van der Waals surface area contributed by atoms with Crippen LogP contribution in [0.15, 0.2) is 29.2 Å². The topological polar surface area (TPSA) is 38.0 Å². The van der Waals surface area contributed by atoms with E-state index in [9.17, 15) is 0 Å². The van der Waals surface area contributed by atoms with Gasteiger partial charge >= 0.3 is 0 Å². The first kappa shape index (κ1) is 14.4. The zero-order chi connectivity index (χ0) is 14.1. The Kier molecular flexibility index (Phi) is 4.39. The van der Waals surface area contributed by atoms with E-state index in [1.165, 1.54) is 35.5 Å². The number of nitrogens with one attached hydrogen (secondary N) is 1. The molecule has 3 N–H and O–H groups in total. The number of fused-ring (bicyclic) bond motifs is 1. The number of hydrazine groups is 1. The Hall–Kier alpha value is -0.510.